The molecular formula is C24H18F2Sn. The first-order chi connectivity index (χ1) is 13.2. The Labute approximate surface area is 162 Å². The summed E-state index contributed by atoms with van der Waals surface area (Å²) in [4.78, 5) is 0. The summed E-state index contributed by atoms with van der Waals surface area (Å²) in [7, 11) is 0. The summed E-state index contributed by atoms with van der Waals surface area (Å²) in [6.07, 6.45) is 0. The molecule has 0 unspecified atom stereocenters. The molecule has 0 spiro atoms. The van der Waals surface area contributed by atoms with Crippen molar-refractivity contribution in [1.29, 1.82) is 0 Å². The molecule has 3 heteroatoms. The second-order valence-electron chi connectivity index (χ2n) is 6.50. The van der Waals surface area contributed by atoms with Crippen LogP contribution in [0.15, 0.2) is 109 Å². The van der Waals surface area contributed by atoms with Gasteiger partial charge < -0.3 is 0 Å². The molecule has 0 N–H and O–H groups in total. The van der Waals surface area contributed by atoms with Crippen LogP contribution in [-0.2, 0) is 0 Å². The molecule has 0 heterocycles. The van der Waals surface area contributed by atoms with Gasteiger partial charge >= 0.3 is 162 Å². The van der Waals surface area contributed by atoms with E-state index < -0.39 is 18.4 Å². The van der Waals surface area contributed by atoms with Crippen LogP contribution in [0.2, 0.25) is 0 Å². The molecule has 27 heavy (non-hydrogen) atoms. The van der Waals surface area contributed by atoms with E-state index in [4.69, 9.17) is 0 Å². The topological polar surface area (TPSA) is 0 Å². The van der Waals surface area contributed by atoms with Gasteiger partial charge in [0.1, 0.15) is 0 Å². The molecule has 4 aromatic carbocycles. The van der Waals surface area contributed by atoms with Crippen LogP contribution in [0.3, 0.4) is 0 Å². The number of halogens is 2. The third-order valence-corrected chi connectivity index (χ3v) is 18.5. The average molecular weight is 463 g/mol. The summed E-state index contributed by atoms with van der Waals surface area (Å²) in [5, 5.41) is 0. The van der Waals surface area contributed by atoms with Gasteiger partial charge in [0.2, 0.25) is 0 Å². The van der Waals surface area contributed by atoms with Crippen molar-refractivity contribution >= 4 is 32.7 Å². The molecular weight excluding hydrogens is 445 g/mol. The Morgan fingerprint density at radius 2 is 0.778 bits per heavy atom. The molecule has 132 valence electrons. The van der Waals surface area contributed by atoms with Crippen LogP contribution in [0.25, 0.3) is 0 Å². The molecule has 0 amide bonds. The van der Waals surface area contributed by atoms with Gasteiger partial charge in [-0.2, -0.15) is 0 Å². The van der Waals surface area contributed by atoms with Crippen LogP contribution in [0.4, 0.5) is 8.78 Å². The molecule has 0 aliphatic rings. The van der Waals surface area contributed by atoms with Gasteiger partial charge in [0.15, 0.2) is 0 Å². The molecule has 0 bridgehead atoms. The van der Waals surface area contributed by atoms with Gasteiger partial charge in [-0.25, -0.2) is 0 Å². The van der Waals surface area contributed by atoms with Gasteiger partial charge in [-0.1, -0.05) is 0 Å². The van der Waals surface area contributed by atoms with E-state index in [9.17, 15) is 8.78 Å². The van der Waals surface area contributed by atoms with E-state index >= 15 is 0 Å². The zero-order valence-corrected chi connectivity index (χ0v) is 17.5. The fraction of sp³-hybridized carbons (Fsp3) is 0. The Balaban J connectivity index is 2.16. The Hall–Kier alpha value is -2.46. The van der Waals surface area contributed by atoms with Crippen LogP contribution >= 0.6 is 0 Å². The molecule has 0 radical (unpaired) electrons. The van der Waals surface area contributed by atoms with Crippen molar-refractivity contribution in [3.05, 3.63) is 121 Å². The molecule has 0 atom stereocenters. The first-order valence-electron chi connectivity index (χ1n) is 8.84. The van der Waals surface area contributed by atoms with E-state index in [0.29, 0.717) is 0 Å². The maximum absolute atomic E-state index is 14.3. The third kappa shape index (κ3) is 3.30. The zero-order valence-electron chi connectivity index (χ0n) is 14.6. The summed E-state index contributed by atoms with van der Waals surface area (Å²) in [6, 6.07) is 34.0. The summed E-state index contributed by atoms with van der Waals surface area (Å²) >= 11 is -3.87. The van der Waals surface area contributed by atoms with Gasteiger partial charge in [0.05, 0.1) is 0 Å². The quantitative estimate of drug-likeness (QED) is 0.408. The van der Waals surface area contributed by atoms with Crippen molar-refractivity contribution in [2.75, 3.05) is 0 Å². The minimum absolute atomic E-state index is 0.267. The number of rotatable bonds is 4. The second kappa shape index (κ2) is 7.65. The molecule has 0 saturated heterocycles. The van der Waals surface area contributed by atoms with Gasteiger partial charge in [0, 0.05) is 0 Å². The summed E-state index contributed by atoms with van der Waals surface area (Å²) in [5.74, 6) is -0.534. The maximum atomic E-state index is 14.3. The normalized spacial score (nSPS) is 11.3. The molecule has 0 saturated carbocycles. The predicted octanol–water partition coefficient (Wildman–Crippen LogP) is 3.34. The van der Waals surface area contributed by atoms with Crippen molar-refractivity contribution in [3.63, 3.8) is 0 Å². The van der Waals surface area contributed by atoms with E-state index in [1.54, 1.807) is 24.3 Å². The first kappa shape index (κ1) is 17.9. The molecule has 0 nitrogen and oxygen atoms in total. The van der Waals surface area contributed by atoms with Crippen LogP contribution in [0, 0.1) is 11.6 Å². The predicted molar refractivity (Wildman–Crippen MR) is 110 cm³/mol. The van der Waals surface area contributed by atoms with E-state index in [-0.39, 0.29) is 11.6 Å². The van der Waals surface area contributed by atoms with E-state index in [2.05, 4.69) is 24.3 Å². The number of hydrogen-bond acceptors (Lipinski definition) is 0. The Kier molecular flexibility index (Phi) is 5.08. The van der Waals surface area contributed by atoms with Crippen LogP contribution < -0.4 is 14.3 Å². The monoisotopic (exact) mass is 464 g/mol. The van der Waals surface area contributed by atoms with Crippen molar-refractivity contribution in [1.82, 2.24) is 0 Å². The zero-order chi connectivity index (χ0) is 18.7. The summed E-state index contributed by atoms with van der Waals surface area (Å²) < 4.78 is 32.8. The number of benzene rings is 4. The molecule has 4 aromatic rings. The average Bonchev–Trinajstić information content (AvgIpc) is 2.71. The minimum atomic E-state index is -3.87. The third-order valence-electron chi connectivity index (χ3n) is 4.93. The van der Waals surface area contributed by atoms with Gasteiger partial charge in [-0.15, -0.1) is 0 Å². The van der Waals surface area contributed by atoms with E-state index in [1.165, 1.54) is 12.1 Å². The van der Waals surface area contributed by atoms with Gasteiger partial charge in [-0.05, 0) is 0 Å². The molecule has 0 aliphatic heterocycles. The van der Waals surface area contributed by atoms with E-state index in [1.807, 2.05) is 48.5 Å². The van der Waals surface area contributed by atoms with Gasteiger partial charge in [0.25, 0.3) is 0 Å². The van der Waals surface area contributed by atoms with Crippen LogP contribution in [-0.4, -0.2) is 18.4 Å². The van der Waals surface area contributed by atoms with Crippen molar-refractivity contribution in [2.45, 2.75) is 0 Å². The van der Waals surface area contributed by atoms with Crippen molar-refractivity contribution < 1.29 is 8.78 Å². The van der Waals surface area contributed by atoms with Crippen molar-refractivity contribution in [3.8, 4) is 0 Å². The van der Waals surface area contributed by atoms with Crippen LogP contribution in [0.5, 0.6) is 0 Å². The Morgan fingerprint density at radius 1 is 0.407 bits per heavy atom. The Bertz CT molecular complexity index is 959. The Morgan fingerprint density at radius 3 is 1.15 bits per heavy atom. The van der Waals surface area contributed by atoms with Crippen LogP contribution in [0.1, 0.15) is 0 Å². The second-order valence-corrected chi connectivity index (χ2v) is 17.4. The molecule has 0 fully saturated rings. The summed E-state index contributed by atoms with van der Waals surface area (Å²) in [5.41, 5.74) is 0. The molecule has 0 aliphatic carbocycles. The van der Waals surface area contributed by atoms with E-state index in [0.717, 1.165) is 14.3 Å². The fourth-order valence-corrected chi connectivity index (χ4v) is 17.5. The van der Waals surface area contributed by atoms with Crippen molar-refractivity contribution in [2.24, 2.45) is 0 Å². The molecule has 0 aromatic heterocycles. The standard InChI is InChI=1S/2C6H4F.2C6H5.Sn/c2*7-6-4-2-1-3-5-6;2*1-2-4-6-5-3-1;/h2*1-2,4-5H;2*1-5H;. The molecule has 4 rings (SSSR count). The van der Waals surface area contributed by atoms with Gasteiger partial charge in [-0.3, -0.25) is 0 Å². The SMILES string of the molecule is Fc1ccc[c]([Sn]([c]2ccccc2)([c]2ccccc2)[c]2cccc(F)c2)c1. The summed E-state index contributed by atoms with van der Waals surface area (Å²) in [6.45, 7) is 0. The number of hydrogen-bond donors (Lipinski definition) is 0. The first-order valence-corrected chi connectivity index (χ1v) is 14.6. The fourth-order valence-electron chi connectivity index (χ4n) is 3.82.